The third kappa shape index (κ3) is 5.56. The number of carbonyl (C=O) groups is 1. The largest absolute Gasteiger partial charge is 0.355 e. The van der Waals surface area contributed by atoms with Crippen molar-refractivity contribution in [3.05, 3.63) is 0 Å². The molecule has 0 aliphatic rings. The average Bonchev–Trinajstić information content (AvgIpc) is 2.76. The number of carbonyl (C=O) groups excluding carboxylic acids is 1. The van der Waals surface area contributed by atoms with Crippen LogP contribution in [-0.4, -0.2) is 44.5 Å². The zero-order chi connectivity index (χ0) is 14.3. The Bertz CT molecular complexity index is 394. The predicted octanol–water partition coefficient (Wildman–Crippen LogP) is 0.275. The molecule has 7 nitrogen and oxygen atoms in total. The second-order valence-electron chi connectivity index (χ2n) is 4.71. The number of hydrogen-bond donors (Lipinski definition) is 2. The van der Waals surface area contributed by atoms with E-state index < -0.39 is 0 Å². The highest BCUT2D eigenvalue weighted by Gasteiger charge is 2.17. The predicted molar refractivity (Wildman–Crippen MR) is 74.7 cm³/mol. The molecular weight excluding hydrogens is 264 g/mol. The summed E-state index contributed by atoms with van der Waals surface area (Å²) in [5, 5.41) is 14.6. The zero-order valence-corrected chi connectivity index (χ0v) is 12.5. The molecule has 1 aromatic heterocycles. The van der Waals surface area contributed by atoms with E-state index in [4.69, 9.17) is 5.73 Å². The first kappa shape index (κ1) is 15.9. The minimum absolute atomic E-state index is 0.00736. The van der Waals surface area contributed by atoms with Crippen LogP contribution in [0.2, 0.25) is 0 Å². The molecule has 19 heavy (non-hydrogen) atoms. The lowest BCUT2D eigenvalue weighted by atomic mass is 10.1. The van der Waals surface area contributed by atoms with Gasteiger partial charge in [0.15, 0.2) is 0 Å². The first-order chi connectivity index (χ1) is 9.04. The SMILES string of the molecule is CC(C)CCNC(=O)C(C)Sc1nnnn1CCN. The Morgan fingerprint density at radius 3 is 2.84 bits per heavy atom. The first-order valence-corrected chi connectivity index (χ1v) is 7.33. The average molecular weight is 286 g/mol. The topological polar surface area (TPSA) is 98.7 Å². The van der Waals surface area contributed by atoms with Gasteiger partial charge in [-0.3, -0.25) is 4.79 Å². The van der Waals surface area contributed by atoms with Gasteiger partial charge in [-0.2, -0.15) is 0 Å². The summed E-state index contributed by atoms with van der Waals surface area (Å²) in [5.74, 6) is 0.591. The molecule has 1 amide bonds. The summed E-state index contributed by atoms with van der Waals surface area (Å²) in [5.41, 5.74) is 5.47. The molecule has 0 spiro atoms. The van der Waals surface area contributed by atoms with Gasteiger partial charge in [-0.1, -0.05) is 25.6 Å². The second kappa shape index (κ2) is 8.11. The molecule has 1 heterocycles. The van der Waals surface area contributed by atoms with Crippen LogP contribution in [0.5, 0.6) is 0 Å². The van der Waals surface area contributed by atoms with Crippen LogP contribution in [-0.2, 0) is 11.3 Å². The van der Waals surface area contributed by atoms with Crippen LogP contribution in [0.15, 0.2) is 5.16 Å². The summed E-state index contributed by atoms with van der Waals surface area (Å²) in [6.45, 7) is 7.83. The highest BCUT2D eigenvalue weighted by Crippen LogP contribution is 2.19. The van der Waals surface area contributed by atoms with Gasteiger partial charge in [-0.15, -0.1) is 5.10 Å². The Balaban J connectivity index is 2.42. The van der Waals surface area contributed by atoms with Crippen molar-refractivity contribution in [2.75, 3.05) is 13.1 Å². The maximum Gasteiger partial charge on any atom is 0.233 e. The number of aromatic nitrogens is 4. The minimum atomic E-state index is -0.227. The van der Waals surface area contributed by atoms with Gasteiger partial charge in [0.05, 0.1) is 11.8 Å². The molecule has 1 aromatic rings. The molecule has 1 rings (SSSR count). The number of nitrogens with zero attached hydrogens (tertiary/aromatic N) is 4. The van der Waals surface area contributed by atoms with Crippen molar-refractivity contribution >= 4 is 17.7 Å². The summed E-state index contributed by atoms with van der Waals surface area (Å²) < 4.78 is 1.61. The third-order valence-corrected chi connectivity index (χ3v) is 3.58. The van der Waals surface area contributed by atoms with Crippen LogP contribution in [0.3, 0.4) is 0 Å². The molecule has 0 bridgehead atoms. The second-order valence-corrected chi connectivity index (χ2v) is 6.01. The molecule has 0 fully saturated rings. The van der Waals surface area contributed by atoms with Crippen LogP contribution in [0.1, 0.15) is 27.2 Å². The van der Waals surface area contributed by atoms with Crippen LogP contribution in [0.25, 0.3) is 0 Å². The Hall–Kier alpha value is -1.15. The maximum absolute atomic E-state index is 11.9. The molecule has 108 valence electrons. The van der Waals surface area contributed by atoms with Crippen LogP contribution in [0.4, 0.5) is 0 Å². The number of thioether (sulfide) groups is 1. The summed E-state index contributed by atoms with van der Waals surface area (Å²) >= 11 is 1.34. The normalized spacial score (nSPS) is 12.7. The van der Waals surface area contributed by atoms with Crippen molar-refractivity contribution in [3.63, 3.8) is 0 Å². The van der Waals surface area contributed by atoms with Gasteiger partial charge in [0.2, 0.25) is 11.1 Å². The highest BCUT2D eigenvalue weighted by molar-refractivity contribution is 8.00. The van der Waals surface area contributed by atoms with E-state index in [1.807, 2.05) is 6.92 Å². The zero-order valence-electron chi connectivity index (χ0n) is 11.7. The fourth-order valence-corrected chi connectivity index (χ4v) is 2.22. The lowest BCUT2D eigenvalue weighted by Crippen LogP contribution is -2.32. The molecule has 0 radical (unpaired) electrons. The van der Waals surface area contributed by atoms with Gasteiger partial charge in [0.25, 0.3) is 0 Å². The first-order valence-electron chi connectivity index (χ1n) is 6.45. The van der Waals surface area contributed by atoms with E-state index in [9.17, 15) is 4.79 Å². The van der Waals surface area contributed by atoms with E-state index in [1.54, 1.807) is 4.68 Å². The van der Waals surface area contributed by atoms with E-state index in [2.05, 4.69) is 34.7 Å². The molecule has 1 atom stereocenters. The Labute approximate surface area is 117 Å². The van der Waals surface area contributed by atoms with Crippen molar-refractivity contribution in [1.82, 2.24) is 25.5 Å². The van der Waals surface area contributed by atoms with E-state index in [1.165, 1.54) is 11.8 Å². The Kier molecular flexibility index (Phi) is 6.79. The molecule has 0 aliphatic heterocycles. The molecule has 3 N–H and O–H groups in total. The molecule has 8 heteroatoms. The van der Waals surface area contributed by atoms with Gasteiger partial charge in [-0.05, 0) is 29.7 Å². The molecule has 0 saturated carbocycles. The number of rotatable bonds is 8. The standard InChI is InChI=1S/C11H22N6OS/c1-8(2)4-6-13-10(18)9(3)19-11-14-15-16-17(11)7-5-12/h8-9H,4-7,12H2,1-3H3,(H,13,18). The van der Waals surface area contributed by atoms with Crippen LogP contribution < -0.4 is 11.1 Å². The van der Waals surface area contributed by atoms with E-state index in [0.29, 0.717) is 30.7 Å². The maximum atomic E-state index is 11.9. The number of hydrogen-bond acceptors (Lipinski definition) is 6. The van der Waals surface area contributed by atoms with Gasteiger partial charge < -0.3 is 11.1 Å². The third-order valence-electron chi connectivity index (χ3n) is 2.51. The number of nitrogens with one attached hydrogen (secondary N) is 1. The lowest BCUT2D eigenvalue weighted by Gasteiger charge is -2.12. The lowest BCUT2D eigenvalue weighted by molar-refractivity contribution is -0.120. The molecule has 1 unspecified atom stereocenters. The molecule has 0 aliphatic carbocycles. The van der Waals surface area contributed by atoms with Gasteiger partial charge in [-0.25, -0.2) is 4.68 Å². The molecular formula is C11H22N6OS. The fraction of sp³-hybridized carbons (Fsp3) is 0.818. The fourth-order valence-electron chi connectivity index (χ4n) is 1.38. The quantitative estimate of drug-likeness (QED) is 0.666. The number of tetrazole rings is 1. The molecule has 0 aromatic carbocycles. The van der Waals surface area contributed by atoms with Crippen molar-refractivity contribution in [2.24, 2.45) is 11.7 Å². The monoisotopic (exact) mass is 286 g/mol. The van der Waals surface area contributed by atoms with E-state index >= 15 is 0 Å². The van der Waals surface area contributed by atoms with Gasteiger partial charge in [0, 0.05) is 13.1 Å². The van der Waals surface area contributed by atoms with Gasteiger partial charge >= 0.3 is 0 Å². The number of nitrogens with two attached hydrogens (primary N) is 1. The van der Waals surface area contributed by atoms with Crippen molar-refractivity contribution in [1.29, 1.82) is 0 Å². The van der Waals surface area contributed by atoms with Crippen molar-refractivity contribution in [2.45, 2.75) is 44.1 Å². The number of amides is 1. The van der Waals surface area contributed by atoms with E-state index in [0.717, 1.165) is 6.42 Å². The van der Waals surface area contributed by atoms with Crippen LogP contribution in [0, 0.1) is 5.92 Å². The van der Waals surface area contributed by atoms with E-state index in [-0.39, 0.29) is 11.2 Å². The summed E-state index contributed by atoms with van der Waals surface area (Å²) in [4.78, 5) is 11.9. The smallest absolute Gasteiger partial charge is 0.233 e. The molecule has 0 saturated heterocycles. The summed E-state index contributed by atoms with van der Waals surface area (Å²) in [6.07, 6.45) is 0.980. The minimum Gasteiger partial charge on any atom is -0.355 e. The van der Waals surface area contributed by atoms with Crippen molar-refractivity contribution in [3.8, 4) is 0 Å². The Morgan fingerprint density at radius 1 is 1.47 bits per heavy atom. The van der Waals surface area contributed by atoms with Crippen molar-refractivity contribution < 1.29 is 4.79 Å². The Morgan fingerprint density at radius 2 is 2.21 bits per heavy atom. The van der Waals surface area contributed by atoms with Gasteiger partial charge in [0.1, 0.15) is 0 Å². The van der Waals surface area contributed by atoms with Crippen LogP contribution >= 0.6 is 11.8 Å². The summed E-state index contributed by atoms with van der Waals surface area (Å²) in [7, 11) is 0. The summed E-state index contributed by atoms with van der Waals surface area (Å²) in [6, 6.07) is 0. The highest BCUT2D eigenvalue weighted by atomic mass is 32.2.